The van der Waals surface area contributed by atoms with Crippen molar-refractivity contribution in [2.75, 3.05) is 51.2 Å². The number of hydrogen-bond acceptors (Lipinski definition) is 6. The molecule has 1 amide bonds. The third kappa shape index (κ3) is 4.68. The van der Waals surface area contributed by atoms with Gasteiger partial charge in [-0.3, -0.25) is 4.79 Å². The topological polar surface area (TPSA) is 104 Å². The van der Waals surface area contributed by atoms with E-state index in [1.807, 2.05) is 24.3 Å². The van der Waals surface area contributed by atoms with Crippen LogP contribution in [0.2, 0.25) is 0 Å². The third-order valence-corrected chi connectivity index (χ3v) is 3.86. The van der Waals surface area contributed by atoms with Gasteiger partial charge in [0.25, 0.3) is 0 Å². The van der Waals surface area contributed by atoms with Crippen LogP contribution in [0.4, 0.5) is 11.5 Å². The molecule has 0 aliphatic rings. The zero-order valence-corrected chi connectivity index (χ0v) is 14.6. The summed E-state index contributed by atoms with van der Waals surface area (Å²) in [5, 5.41) is 0. The molecule has 1 aromatic carbocycles. The van der Waals surface area contributed by atoms with Crippen LogP contribution in [0.15, 0.2) is 36.5 Å². The Kier molecular flexibility index (Phi) is 6.73. The molecule has 134 valence electrons. The zero-order valence-electron chi connectivity index (χ0n) is 14.6. The van der Waals surface area contributed by atoms with Crippen molar-refractivity contribution in [1.29, 1.82) is 0 Å². The molecule has 25 heavy (non-hydrogen) atoms. The van der Waals surface area contributed by atoms with Crippen molar-refractivity contribution in [2.45, 2.75) is 0 Å². The van der Waals surface area contributed by atoms with E-state index in [1.165, 1.54) is 6.07 Å². The molecule has 0 bridgehead atoms. The zero-order chi connectivity index (χ0) is 18.2. The number of nitrogens with two attached hydrogens (primary N) is 2. The number of hydrogen-bond donors (Lipinski definition) is 2. The first-order valence-electron chi connectivity index (χ1n) is 7.96. The lowest BCUT2D eigenvalue weighted by atomic mass is 9.99. The largest absolute Gasteiger partial charge is 0.384 e. The Hall–Kier alpha value is -2.64. The molecule has 7 nitrogen and oxygen atoms in total. The number of anilines is 2. The SMILES string of the molecule is COCCN(CCOC)c1ccccc1-c1cnc(N)cc1C(N)=O. The van der Waals surface area contributed by atoms with Crippen molar-refractivity contribution in [3.8, 4) is 11.1 Å². The highest BCUT2D eigenvalue weighted by Crippen LogP contribution is 2.33. The van der Waals surface area contributed by atoms with Gasteiger partial charge in [-0.25, -0.2) is 4.98 Å². The normalized spacial score (nSPS) is 10.6. The monoisotopic (exact) mass is 344 g/mol. The Labute approximate surface area is 147 Å². The number of carbonyl (C=O) groups is 1. The van der Waals surface area contributed by atoms with Crippen LogP contribution in [0.1, 0.15) is 10.4 Å². The van der Waals surface area contributed by atoms with Crippen LogP contribution in [0.5, 0.6) is 0 Å². The molecule has 0 spiro atoms. The fourth-order valence-corrected chi connectivity index (χ4v) is 2.62. The highest BCUT2D eigenvalue weighted by Gasteiger charge is 2.17. The number of carbonyl (C=O) groups excluding carboxylic acids is 1. The van der Waals surface area contributed by atoms with Crippen LogP contribution in [-0.2, 0) is 9.47 Å². The van der Waals surface area contributed by atoms with E-state index in [9.17, 15) is 4.79 Å². The molecule has 0 fully saturated rings. The van der Waals surface area contributed by atoms with E-state index >= 15 is 0 Å². The van der Waals surface area contributed by atoms with Crippen LogP contribution in [0.3, 0.4) is 0 Å². The van der Waals surface area contributed by atoms with Gasteiger partial charge in [0.2, 0.25) is 5.91 Å². The van der Waals surface area contributed by atoms with Crippen LogP contribution in [0, 0.1) is 0 Å². The molecule has 0 saturated carbocycles. The summed E-state index contributed by atoms with van der Waals surface area (Å²) < 4.78 is 10.4. The highest BCUT2D eigenvalue weighted by atomic mass is 16.5. The molecule has 1 heterocycles. The Bertz CT molecular complexity index is 713. The molecule has 0 atom stereocenters. The van der Waals surface area contributed by atoms with Gasteiger partial charge >= 0.3 is 0 Å². The van der Waals surface area contributed by atoms with E-state index in [1.54, 1.807) is 20.4 Å². The molecule has 7 heteroatoms. The van der Waals surface area contributed by atoms with Gasteiger partial charge in [0.05, 0.1) is 18.8 Å². The molecular weight excluding hydrogens is 320 g/mol. The van der Waals surface area contributed by atoms with Crippen molar-refractivity contribution < 1.29 is 14.3 Å². The number of aromatic nitrogens is 1. The Morgan fingerprint density at radius 1 is 1.12 bits per heavy atom. The van der Waals surface area contributed by atoms with Gasteiger partial charge in [0.1, 0.15) is 5.82 Å². The number of pyridine rings is 1. The van der Waals surface area contributed by atoms with Crippen LogP contribution < -0.4 is 16.4 Å². The molecule has 2 rings (SSSR count). The summed E-state index contributed by atoms with van der Waals surface area (Å²) in [6, 6.07) is 9.28. The maximum atomic E-state index is 11.9. The number of benzene rings is 1. The fraction of sp³-hybridized carbons (Fsp3) is 0.333. The maximum absolute atomic E-state index is 11.9. The van der Waals surface area contributed by atoms with Gasteiger partial charge in [-0.1, -0.05) is 18.2 Å². The van der Waals surface area contributed by atoms with Crippen LogP contribution in [-0.4, -0.2) is 51.4 Å². The second-order valence-corrected chi connectivity index (χ2v) is 5.51. The van der Waals surface area contributed by atoms with E-state index < -0.39 is 5.91 Å². The minimum Gasteiger partial charge on any atom is -0.384 e. The van der Waals surface area contributed by atoms with Crippen molar-refractivity contribution in [3.05, 3.63) is 42.1 Å². The second kappa shape index (κ2) is 9.00. The summed E-state index contributed by atoms with van der Waals surface area (Å²) >= 11 is 0. The van der Waals surface area contributed by atoms with Gasteiger partial charge in [0, 0.05) is 50.3 Å². The quantitative estimate of drug-likeness (QED) is 0.715. The van der Waals surface area contributed by atoms with E-state index in [-0.39, 0.29) is 5.82 Å². The van der Waals surface area contributed by atoms with E-state index in [4.69, 9.17) is 20.9 Å². The fourth-order valence-electron chi connectivity index (χ4n) is 2.62. The first kappa shape index (κ1) is 18.7. The lowest BCUT2D eigenvalue weighted by Gasteiger charge is -2.27. The lowest BCUT2D eigenvalue weighted by molar-refractivity contribution is 0.100. The number of primary amides is 1. The number of rotatable bonds is 9. The third-order valence-electron chi connectivity index (χ3n) is 3.86. The summed E-state index contributed by atoms with van der Waals surface area (Å²) in [7, 11) is 3.32. The van der Waals surface area contributed by atoms with Crippen molar-refractivity contribution in [1.82, 2.24) is 4.98 Å². The van der Waals surface area contributed by atoms with Gasteiger partial charge in [0.15, 0.2) is 0 Å². The molecule has 1 aromatic heterocycles. The molecule has 2 aromatic rings. The first-order chi connectivity index (χ1) is 12.1. The summed E-state index contributed by atoms with van der Waals surface area (Å²) in [6.45, 7) is 2.51. The Morgan fingerprint density at radius 2 is 1.76 bits per heavy atom. The second-order valence-electron chi connectivity index (χ2n) is 5.51. The standard InChI is InChI=1S/C18H24N4O3/c1-24-9-7-22(8-10-25-2)16-6-4-3-5-13(16)15-12-21-17(19)11-14(15)18(20)23/h3-6,11-12H,7-10H2,1-2H3,(H2,19,21)(H2,20,23). The van der Waals surface area contributed by atoms with Crippen molar-refractivity contribution in [2.24, 2.45) is 5.73 Å². The number of methoxy groups -OCH3 is 2. The first-order valence-corrected chi connectivity index (χ1v) is 7.96. The van der Waals surface area contributed by atoms with Gasteiger partial charge in [-0.15, -0.1) is 0 Å². The lowest BCUT2D eigenvalue weighted by Crippen LogP contribution is -2.31. The predicted octanol–water partition coefficient (Wildman–Crippen LogP) is 1.53. The number of ether oxygens (including phenoxy) is 2. The summed E-state index contributed by atoms with van der Waals surface area (Å²) in [6.07, 6.45) is 1.58. The van der Waals surface area contributed by atoms with Crippen LogP contribution >= 0.6 is 0 Å². The Balaban J connectivity index is 2.51. The summed E-state index contributed by atoms with van der Waals surface area (Å²) in [5.74, 6) is -0.287. The average Bonchev–Trinajstić information content (AvgIpc) is 2.62. The Morgan fingerprint density at radius 3 is 2.36 bits per heavy atom. The summed E-state index contributed by atoms with van der Waals surface area (Å²) in [4.78, 5) is 18.1. The molecule has 0 aliphatic heterocycles. The summed E-state index contributed by atoms with van der Waals surface area (Å²) in [5.41, 5.74) is 14.0. The molecule has 0 unspecified atom stereocenters. The van der Waals surface area contributed by atoms with Crippen molar-refractivity contribution >= 4 is 17.4 Å². The molecule has 0 saturated heterocycles. The van der Waals surface area contributed by atoms with E-state index in [0.717, 1.165) is 11.3 Å². The van der Waals surface area contributed by atoms with Crippen molar-refractivity contribution in [3.63, 3.8) is 0 Å². The minimum absolute atomic E-state index is 0.255. The van der Waals surface area contributed by atoms with E-state index in [0.29, 0.717) is 37.4 Å². The number of amides is 1. The smallest absolute Gasteiger partial charge is 0.249 e. The van der Waals surface area contributed by atoms with E-state index in [2.05, 4.69) is 9.88 Å². The number of para-hydroxylation sites is 1. The minimum atomic E-state index is -0.542. The number of nitrogen functional groups attached to an aromatic ring is 1. The molecule has 4 N–H and O–H groups in total. The van der Waals surface area contributed by atoms with Crippen LogP contribution in [0.25, 0.3) is 11.1 Å². The number of nitrogens with zero attached hydrogens (tertiary/aromatic N) is 2. The average molecular weight is 344 g/mol. The predicted molar refractivity (Wildman–Crippen MR) is 98.6 cm³/mol. The maximum Gasteiger partial charge on any atom is 0.249 e. The molecular formula is C18H24N4O3. The molecule has 0 aliphatic carbocycles. The van der Waals surface area contributed by atoms with Gasteiger partial charge < -0.3 is 25.8 Å². The highest BCUT2D eigenvalue weighted by molar-refractivity contribution is 6.01. The van der Waals surface area contributed by atoms with Gasteiger partial charge in [-0.2, -0.15) is 0 Å². The molecule has 0 radical (unpaired) electrons. The van der Waals surface area contributed by atoms with Gasteiger partial charge in [-0.05, 0) is 12.1 Å².